The molecular formula is C27H34N4OS. The molecular weight excluding hydrogens is 428 g/mol. The molecule has 0 unspecified atom stereocenters. The summed E-state index contributed by atoms with van der Waals surface area (Å²) in [6.07, 6.45) is 1.81. The highest BCUT2D eigenvalue weighted by Crippen LogP contribution is 2.24. The van der Waals surface area contributed by atoms with Crippen LogP contribution in [0.4, 0.5) is 0 Å². The summed E-state index contributed by atoms with van der Waals surface area (Å²) in [7, 11) is 4.21. The Balaban J connectivity index is 1.61. The van der Waals surface area contributed by atoms with Crippen LogP contribution < -0.4 is 11.1 Å². The molecule has 3 aromatic rings. The van der Waals surface area contributed by atoms with E-state index in [1.54, 1.807) is 0 Å². The first-order chi connectivity index (χ1) is 16.1. The maximum absolute atomic E-state index is 12.3. The lowest BCUT2D eigenvalue weighted by molar-refractivity contribution is 0.0953. The SMILES string of the molecule is CN(C)CCSCc1ccc(-c2cccc(-c3ccc(C(=O)NCCCCN)cc3)n2)cc1. The summed E-state index contributed by atoms with van der Waals surface area (Å²) in [5, 5.41) is 2.94. The molecule has 0 fully saturated rings. The van der Waals surface area contributed by atoms with Crippen LogP contribution in [-0.4, -0.2) is 55.3 Å². The van der Waals surface area contributed by atoms with Crippen molar-refractivity contribution in [3.8, 4) is 22.5 Å². The first-order valence-electron chi connectivity index (χ1n) is 11.4. The highest BCUT2D eigenvalue weighted by Gasteiger charge is 2.07. The van der Waals surface area contributed by atoms with Crippen molar-refractivity contribution in [3.05, 3.63) is 77.9 Å². The average molecular weight is 463 g/mol. The third-order valence-corrected chi connectivity index (χ3v) is 6.32. The maximum atomic E-state index is 12.3. The highest BCUT2D eigenvalue weighted by atomic mass is 32.2. The van der Waals surface area contributed by atoms with E-state index in [2.05, 4.69) is 48.6 Å². The van der Waals surface area contributed by atoms with Crippen molar-refractivity contribution in [1.29, 1.82) is 0 Å². The number of benzene rings is 2. The van der Waals surface area contributed by atoms with Gasteiger partial charge in [0, 0.05) is 41.3 Å². The van der Waals surface area contributed by atoms with Crippen LogP contribution in [-0.2, 0) is 5.75 Å². The summed E-state index contributed by atoms with van der Waals surface area (Å²) >= 11 is 1.95. The molecule has 0 atom stereocenters. The minimum Gasteiger partial charge on any atom is -0.352 e. The number of hydrogen-bond acceptors (Lipinski definition) is 5. The number of carbonyl (C=O) groups excluding carboxylic acids is 1. The van der Waals surface area contributed by atoms with Crippen LogP contribution in [0.2, 0.25) is 0 Å². The zero-order valence-electron chi connectivity index (χ0n) is 19.6. The highest BCUT2D eigenvalue weighted by molar-refractivity contribution is 7.98. The summed E-state index contributed by atoms with van der Waals surface area (Å²) in [5.74, 6) is 2.10. The Bertz CT molecular complexity index is 1000. The van der Waals surface area contributed by atoms with Crippen LogP contribution in [0.15, 0.2) is 66.7 Å². The Kier molecular flexibility index (Phi) is 9.94. The van der Waals surface area contributed by atoms with Gasteiger partial charge in [0.1, 0.15) is 0 Å². The predicted octanol–water partition coefficient (Wildman–Crippen LogP) is 4.68. The number of nitrogens with two attached hydrogens (primary N) is 1. The smallest absolute Gasteiger partial charge is 0.251 e. The first-order valence-corrected chi connectivity index (χ1v) is 12.6. The van der Waals surface area contributed by atoms with Crippen LogP contribution in [0.1, 0.15) is 28.8 Å². The Labute approximate surface area is 201 Å². The van der Waals surface area contributed by atoms with Gasteiger partial charge in [-0.05, 0) is 63.3 Å². The van der Waals surface area contributed by atoms with Gasteiger partial charge in [0.15, 0.2) is 0 Å². The van der Waals surface area contributed by atoms with Crippen LogP contribution >= 0.6 is 11.8 Å². The molecule has 6 heteroatoms. The number of hydrogen-bond donors (Lipinski definition) is 2. The molecule has 0 bridgehead atoms. The van der Waals surface area contributed by atoms with Crippen molar-refractivity contribution >= 4 is 17.7 Å². The fourth-order valence-electron chi connectivity index (χ4n) is 3.33. The van der Waals surface area contributed by atoms with E-state index in [0.717, 1.165) is 53.4 Å². The molecule has 3 rings (SSSR count). The minimum atomic E-state index is -0.0553. The molecule has 5 nitrogen and oxygen atoms in total. The van der Waals surface area contributed by atoms with Crippen LogP contribution in [0, 0.1) is 0 Å². The second-order valence-corrected chi connectivity index (χ2v) is 9.40. The molecule has 0 saturated carbocycles. The van der Waals surface area contributed by atoms with Crippen molar-refractivity contribution < 1.29 is 4.79 Å². The van der Waals surface area contributed by atoms with Gasteiger partial charge in [-0.15, -0.1) is 0 Å². The van der Waals surface area contributed by atoms with E-state index in [-0.39, 0.29) is 5.91 Å². The topological polar surface area (TPSA) is 71.2 Å². The molecule has 0 aliphatic carbocycles. The quantitative estimate of drug-likeness (QED) is 0.383. The van der Waals surface area contributed by atoms with E-state index < -0.39 is 0 Å². The van der Waals surface area contributed by atoms with Gasteiger partial charge in [0.25, 0.3) is 5.91 Å². The largest absolute Gasteiger partial charge is 0.352 e. The number of nitrogens with one attached hydrogen (secondary N) is 1. The lowest BCUT2D eigenvalue weighted by Crippen LogP contribution is -2.24. The third kappa shape index (κ3) is 8.00. The number of rotatable bonds is 12. The van der Waals surface area contributed by atoms with Crippen LogP contribution in [0.5, 0.6) is 0 Å². The Morgan fingerprint density at radius 3 is 2.18 bits per heavy atom. The van der Waals surface area contributed by atoms with Crippen molar-refractivity contribution in [2.75, 3.05) is 39.5 Å². The average Bonchev–Trinajstić information content (AvgIpc) is 2.85. The summed E-state index contributed by atoms with van der Waals surface area (Å²) in [5.41, 5.74) is 11.4. The van der Waals surface area contributed by atoms with Crippen molar-refractivity contribution in [2.45, 2.75) is 18.6 Å². The molecule has 2 aromatic carbocycles. The molecule has 1 aromatic heterocycles. The molecule has 0 radical (unpaired) electrons. The van der Waals surface area contributed by atoms with E-state index in [0.29, 0.717) is 18.7 Å². The van der Waals surface area contributed by atoms with Crippen molar-refractivity contribution in [3.63, 3.8) is 0 Å². The summed E-state index contributed by atoms with van der Waals surface area (Å²) < 4.78 is 0. The number of nitrogens with zero attached hydrogens (tertiary/aromatic N) is 2. The van der Waals surface area contributed by atoms with E-state index in [4.69, 9.17) is 10.7 Å². The van der Waals surface area contributed by atoms with E-state index in [1.807, 2.05) is 54.2 Å². The predicted molar refractivity (Wildman–Crippen MR) is 140 cm³/mol. The van der Waals surface area contributed by atoms with Crippen LogP contribution in [0.3, 0.4) is 0 Å². The monoisotopic (exact) mass is 462 g/mol. The van der Waals surface area contributed by atoms with Gasteiger partial charge in [-0.2, -0.15) is 11.8 Å². The second-order valence-electron chi connectivity index (χ2n) is 8.29. The summed E-state index contributed by atoms with van der Waals surface area (Å²) in [6.45, 7) is 2.39. The van der Waals surface area contributed by atoms with E-state index in [1.165, 1.54) is 5.56 Å². The van der Waals surface area contributed by atoms with Crippen molar-refractivity contribution in [2.24, 2.45) is 5.73 Å². The lowest BCUT2D eigenvalue weighted by Gasteiger charge is -2.09. The molecule has 1 heterocycles. The van der Waals surface area contributed by atoms with Gasteiger partial charge in [0.05, 0.1) is 11.4 Å². The van der Waals surface area contributed by atoms with Crippen molar-refractivity contribution in [1.82, 2.24) is 15.2 Å². The van der Waals surface area contributed by atoms with Gasteiger partial charge < -0.3 is 16.0 Å². The second kappa shape index (κ2) is 13.1. The Morgan fingerprint density at radius 1 is 0.939 bits per heavy atom. The molecule has 0 aliphatic heterocycles. The number of aromatic nitrogens is 1. The number of pyridine rings is 1. The normalized spacial score (nSPS) is 11.0. The Morgan fingerprint density at radius 2 is 1.58 bits per heavy atom. The van der Waals surface area contributed by atoms with Gasteiger partial charge in [-0.25, -0.2) is 4.98 Å². The number of amides is 1. The molecule has 0 aliphatic rings. The molecule has 3 N–H and O–H groups in total. The van der Waals surface area contributed by atoms with Crippen LogP contribution in [0.25, 0.3) is 22.5 Å². The minimum absolute atomic E-state index is 0.0553. The van der Waals surface area contributed by atoms with Gasteiger partial charge >= 0.3 is 0 Å². The number of carbonyl (C=O) groups is 1. The molecule has 33 heavy (non-hydrogen) atoms. The van der Waals surface area contributed by atoms with E-state index >= 15 is 0 Å². The molecule has 0 saturated heterocycles. The zero-order chi connectivity index (χ0) is 23.5. The standard InChI is InChI=1S/C27H34N4OS/c1-31(2)18-19-33-20-21-8-10-22(11-9-21)25-6-5-7-26(30-25)23-12-14-24(15-13-23)27(32)29-17-4-3-16-28/h5-15H,3-4,16-20,28H2,1-2H3,(H,29,32). The first kappa shape index (κ1) is 25.0. The fraction of sp³-hybridized carbons (Fsp3) is 0.333. The zero-order valence-corrected chi connectivity index (χ0v) is 20.4. The Hall–Kier alpha value is -2.67. The summed E-state index contributed by atoms with van der Waals surface area (Å²) in [4.78, 5) is 19.3. The molecule has 0 spiro atoms. The third-order valence-electron chi connectivity index (χ3n) is 5.31. The molecule has 1 amide bonds. The summed E-state index contributed by atoms with van der Waals surface area (Å²) in [6, 6.07) is 22.3. The molecule has 174 valence electrons. The van der Waals surface area contributed by atoms with Gasteiger partial charge in [-0.1, -0.05) is 42.5 Å². The fourth-order valence-corrected chi connectivity index (χ4v) is 4.40. The van der Waals surface area contributed by atoms with Gasteiger partial charge in [-0.3, -0.25) is 4.79 Å². The number of unbranched alkanes of at least 4 members (excludes halogenated alkanes) is 1. The van der Waals surface area contributed by atoms with Gasteiger partial charge in [0.2, 0.25) is 0 Å². The lowest BCUT2D eigenvalue weighted by atomic mass is 10.1. The number of thioether (sulfide) groups is 1. The van der Waals surface area contributed by atoms with E-state index in [9.17, 15) is 4.79 Å². The maximum Gasteiger partial charge on any atom is 0.251 e.